The van der Waals surface area contributed by atoms with Crippen LogP contribution in [0.1, 0.15) is 13.3 Å². The van der Waals surface area contributed by atoms with E-state index in [0.29, 0.717) is 19.5 Å². The van der Waals surface area contributed by atoms with E-state index >= 15 is 0 Å². The van der Waals surface area contributed by atoms with Crippen molar-refractivity contribution in [2.75, 3.05) is 37.7 Å². The lowest BCUT2D eigenvalue weighted by molar-refractivity contribution is -0.124. The van der Waals surface area contributed by atoms with Crippen molar-refractivity contribution < 1.29 is 13.2 Å². The van der Waals surface area contributed by atoms with E-state index in [9.17, 15) is 13.2 Å². The first kappa shape index (κ1) is 15.2. The molecule has 20 heavy (non-hydrogen) atoms. The highest BCUT2D eigenvalue weighted by molar-refractivity contribution is 7.91. The summed E-state index contributed by atoms with van der Waals surface area (Å²) in [6.07, 6.45) is 0.449. The van der Waals surface area contributed by atoms with Gasteiger partial charge in [0.05, 0.1) is 29.7 Å². The molecule has 112 valence electrons. The van der Waals surface area contributed by atoms with Crippen LogP contribution in [0.25, 0.3) is 0 Å². The zero-order chi connectivity index (χ0) is 14.8. The molecule has 2 saturated heterocycles. The van der Waals surface area contributed by atoms with Crippen molar-refractivity contribution in [1.82, 2.24) is 15.5 Å². The van der Waals surface area contributed by atoms with Crippen LogP contribution >= 0.6 is 0 Å². The molecule has 0 aromatic carbocycles. The van der Waals surface area contributed by atoms with Crippen molar-refractivity contribution in [2.24, 2.45) is 0 Å². The van der Waals surface area contributed by atoms with Crippen LogP contribution in [0, 0.1) is 11.3 Å². The summed E-state index contributed by atoms with van der Waals surface area (Å²) in [5.74, 6) is -0.0977. The second kappa shape index (κ2) is 5.68. The van der Waals surface area contributed by atoms with Gasteiger partial charge in [0.15, 0.2) is 9.84 Å². The van der Waals surface area contributed by atoms with Gasteiger partial charge in [-0.1, -0.05) is 0 Å². The average Bonchev–Trinajstić information content (AvgIpc) is 2.63. The molecule has 2 unspecified atom stereocenters. The average molecular weight is 300 g/mol. The van der Waals surface area contributed by atoms with E-state index in [2.05, 4.69) is 16.7 Å². The molecule has 0 aliphatic carbocycles. The topological polar surface area (TPSA) is 102 Å². The summed E-state index contributed by atoms with van der Waals surface area (Å²) in [6.45, 7) is 3.83. The summed E-state index contributed by atoms with van der Waals surface area (Å²) in [7, 11) is -3.04. The Morgan fingerprint density at radius 3 is 2.95 bits per heavy atom. The minimum absolute atomic E-state index is 0.00499. The normalized spacial score (nSPS) is 33.5. The second-order valence-corrected chi connectivity index (χ2v) is 7.95. The Kier molecular flexibility index (Phi) is 4.32. The summed E-state index contributed by atoms with van der Waals surface area (Å²) in [5.41, 5.74) is -0.675. The Hall–Kier alpha value is -1.17. The van der Waals surface area contributed by atoms with Crippen LogP contribution in [0.4, 0.5) is 0 Å². The fourth-order valence-electron chi connectivity index (χ4n) is 2.73. The van der Waals surface area contributed by atoms with Gasteiger partial charge in [-0.05, 0) is 13.3 Å². The molecule has 7 nitrogen and oxygen atoms in total. The standard InChI is InChI=1S/C12H20N4O3S/c1-12(2-5-20(18,19)9-12)15-11(17)8-16-4-3-14-7-10(16)6-13/h10,14H,2-5,7-9H2,1H3,(H,15,17). The maximum atomic E-state index is 12.1. The molecule has 2 heterocycles. The van der Waals surface area contributed by atoms with Crippen molar-refractivity contribution >= 4 is 15.7 Å². The van der Waals surface area contributed by atoms with Gasteiger partial charge in [0, 0.05) is 19.6 Å². The molecule has 0 saturated carbocycles. The van der Waals surface area contributed by atoms with E-state index in [1.807, 2.05) is 4.90 Å². The van der Waals surface area contributed by atoms with Crippen LogP contribution in [-0.4, -0.2) is 68.5 Å². The van der Waals surface area contributed by atoms with Gasteiger partial charge in [-0.2, -0.15) is 5.26 Å². The SMILES string of the molecule is CC1(NC(=O)CN2CCNCC2C#N)CCS(=O)(=O)C1. The third kappa shape index (κ3) is 3.69. The van der Waals surface area contributed by atoms with Gasteiger partial charge in [-0.25, -0.2) is 8.42 Å². The Labute approximate surface area is 119 Å². The maximum Gasteiger partial charge on any atom is 0.234 e. The van der Waals surface area contributed by atoms with Gasteiger partial charge >= 0.3 is 0 Å². The molecule has 0 spiro atoms. The molecular formula is C12H20N4O3S. The monoisotopic (exact) mass is 300 g/mol. The Balaban J connectivity index is 1.91. The number of carbonyl (C=O) groups excluding carboxylic acids is 1. The van der Waals surface area contributed by atoms with Gasteiger partial charge in [0.25, 0.3) is 0 Å². The van der Waals surface area contributed by atoms with Gasteiger partial charge in [-0.15, -0.1) is 0 Å². The van der Waals surface area contributed by atoms with Crippen LogP contribution in [0.2, 0.25) is 0 Å². The number of carbonyl (C=O) groups is 1. The molecule has 2 atom stereocenters. The zero-order valence-corrected chi connectivity index (χ0v) is 12.4. The fourth-order valence-corrected chi connectivity index (χ4v) is 4.83. The molecule has 1 amide bonds. The number of nitrogens with one attached hydrogen (secondary N) is 2. The third-order valence-electron chi connectivity index (χ3n) is 3.79. The van der Waals surface area contributed by atoms with Gasteiger partial charge < -0.3 is 10.6 Å². The minimum atomic E-state index is -3.04. The van der Waals surface area contributed by atoms with E-state index < -0.39 is 15.4 Å². The minimum Gasteiger partial charge on any atom is -0.349 e. The van der Waals surface area contributed by atoms with Crippen LogP contribution in [-0.2, 0) is 14.6 Å². The van der Waals surface area contributed by atoms with E-state index in [1.165, 1.54) is 0 Å². The first-order valence-corrected chi connectivity index (χ1v) is 8.52. The van der Waals surface area contributed by atoms with Gasteiger partial charge in [0.2, 0.25) is 5.91 Å². The van der Waals surface area contributed by atoms with Crippen molar-refractivity contribution in [2.45, 2.75) is 24.9 Å². The highest BCUT2D eigenvalue weighted by atomic mass is 32.2. The van der Waals surface area contributed by atoms with Crippen LogP contribution < -0.4 is 10.6 Å². The molecule has 2 aliphatic rings. The number of nitriles is 1. The smallest absolute Gasteiger partial charge is 0.234 e. The molecule has 2 N–H and O–H groups in total. The van der Waals surface area contributed by atoms with E-state index in [4.69, 9.17) is 5.26 Å². The molecule has 0 radical (unpaired) electrons. The Bertz CT molecular complexity index is 527. The summed E-state index contributed by atoms with van der Waals surface area (Å²) >= 11 is 0. The number of hydrogen-bond acceptors (Lipinski definition) is 6. The third-order valence-corrected chi connectivity index (χ3v) is 5.70. The fraction of sp³-hybridized carbons (Fsp3) is 0.833. The predicted molar refractivity (Wildman–Crippen MR) is 73.7 cm³/mol. The summed E-state index contributed by atoms with van der Waals surface area (Å²) in [5, 5.41) is 15.0. The second-order valence-electron chi connectivity index (χ2n) is 5.77. The molecule has 0 aromatic rings. The van der Waals surface area contributed by atoms with E-state index in [1.54, 1.807) is 6.92 Å². The molecule has 0 aromatic heterocycles. The van der Waals surface area contributed by atoms with E-state index in [-0.39, 0.29) is 30.0 Å². The van der Waals surface area contributed by atoms with Crippen molar-refractivity contribution in [1.29, 1.82) is 5.26 Å². The Morgan fingerprint density at radius 1 is 1.60 bits per heavy atom. The van der Waals surface area contributed by atoms with E-state index in [0.717, 1.165) is 6.54 Å². The Morgan fingerprint density at radius 2 is 2.35 bits per heavy atom. The summed E-state index contributed by atoms with van der Waals surface area (Å²) in [6, 6.07) is 1.85. The van der Waals surface area contributed by atoms with Crippen molar-refractivity contribution in [3.8, 4) is 6.07 Å². The summed E-state index contributed by atoms with van der Waals surface area (Å²) in [4.78, 5) is 13.9. The number of sulfone groups is 1. The first-order valence-electron chi connectivity index (χ1n) is 6.69. The van der Waals surface area contributed by atoms with Crippen LogP contribution in [0.5, 0.6) is 0 Å². The zero-order valence-electron chi connectivity index (χ0n) is 11.6. The molecule has 2 fully saturated rings. The first-order chi connectivity index (χ1) is 9.34. The molecule has 0 bridgehead atoms. The largest absolute Gasteiger partial charge is 0.349 e. The molecule has 2 rings (SSSR count). The highest BCUT2D eigenvalue weighted by Crippen LogP contribution is 2.22. The number of hydrogen-bond donors (Lipinski definition) is 2. The van der Waals surface area contributed by atoms with Crippen LogP contribution in [0.3, 0.4) is 0 Å². The molecule has 8 heteroatoms. The summed E-state index contributed by atoms with van der Waals surface area (Å²) < 4.78 is 23.0. The van der Waals surface area contributed by atoms with Crippen molar-refractivity contribution in [3.05, 3.63) is 0 Å². The predicted octanol–water partition coefficient (Wildman–Crippen LogP) is -1.52. The van der Waals surface area contributed by atoms with Crippen molar-refractivity contribution in [3.63, 3.8) is 0 Å². The number of rotatable bonds is 3. The molecular weight excluding hydrogens is 280 g/mol. The number of amides is 1. The van der Waals surface area contributed by atoms with Crippen LogP contribution in [0.15, 0.2) is 0 Å². The number of nitrogens with zero attached hydrogens (tertiary/aromatic N) is 2. The maximum absolute atomic E-state index is 12.1. The quantitative estimate of drug-likeness (QED) is 0.656. The lowest BCUT2D eigenvalue weighted by atomic mass is 10.0. The highest BCUT2D eigenvalue weighted by Gasteiger charge is 2.39. The number of piperazine rings is 1. The lowest BCUT2D eigenvalue weighted by Gasteiger charge is -2.32. The molecule has 2 aliphatic heterocycles. The van der Waals surface area contributed by atoms with Gasteiger partial charge in [0.1, 0.15) is 6.04 Å². The lowest BCUT2D eigenvalue weighted by Crippen LogP contribution is -2.56. The van der Waals surface area contributed by atoms with Gasteiger partial charge in [-0.3, -0.25) is 9.69 Å².